The molecule has 8 heteroatoms. The van der Waals surface area contributed by atoms with Crippen LogP contribution in [0.2, 0.25) is 0 Å². The third-order valence-corrected chi connectivity index (χ3v) is 6.99. The monoisotopic (exact) mass is 424 g/mol. The van der Waals surface area contributed by atoms with E-state index in [4.69, 9.17) is 0 Å². The fraction of sp³-hybridized carbons (Fsp3) is 0.190. The second-order valence-electron chi connectivity index (χ2n) is 6.84. The van der Waals surface area contributed by atoms with E-state index in [0.29, 0.717) is 18.1 Å². The summed E-state index contributed by atoms with van der Waals surface area (Å²) in [6.07, 6.45) is 0.832. The number of aromatic nitrogens is 3. The van der Waals surface area contributed by atoms with Crippen molar-refractivity contribution in [2.75, 3.05) is 6.54 Å². The molecule has 0 bridgehead atoms. The lowest BCUT2D eigenvalue weighted by Crippen LogP contribution is -2.40. The van der Waals surface area contributed by atoms with Crippen molar-refractivity contribution in [3.05, 3.63) is 86.0 Å². The maximum Gasteiger partial charge on any atom is 0.294 e. The van der Waals surface area contributed by atoms with Crippen molar-refractivity contribution in [2.45, 2.75) is 19.4 Å². The van der Waals surface area contributed by atoms with Gasteiger partial charge in [0, 0.05) is 16.3 Å². The van der Waals surface area contributed by atoms with Crippen molar-refractivity contribution >= 4 is 28.6 Å². The number of aryl methyl sites for hydroxylation is 1. The highest BCUT2D eigenvalue weighted by molar-refractivity contribution is 7.10. The van der Waals surface area contributed by atoms with Crippen LogP contribution in [0.5, 0.6) is 0 Å². The zero-order valence-electron chi connectivity index (χ0n) is 15.6. The Hall–Kier alpha value is -2.84. The third kappa shape index (κ3) is 3.18. The van der Waals surface area contributed by atoms with Crippen molar-refractivity contribution in [2.24, 2.45) is 0 Å². The summed E-state index contributed by atoms with van der Waals surface area (Å²) < 4.78 is 14.8. The molecule has 4 heterocycles. The van der Waals surface area contributed by atoms with E-state index in [1.165, 1.54) is 22.6 Å². The van der Waals surface area contributed by atoms with E-state index in [-0.39, 0.29) is 23.6 Å². The molecule has 1 aliphatic heterocycles. The van der Waals surface area contributed by atoms with Crippen molar-refractivity contribution in [3.8, 4) is 5.69 Å². The fourth-order valence-corrected chi connectivity index (χ4v) is 5.48. The number of rotatable bonds is 3. The largest absolute Gasteiger partial charge is 0.323 e. The van der Waals surface area contributed by atoms with Gasteiger partial charge in [-0.1, -0.05) is 6.07 Å². The van der Waals surface area contributed by atoms with Crippen LogP contribution in [-0.4, -0.2) is 32.1 Å². The Morgan fingerprint density at radius 2 is 1.97 bits per heavy atom. The van der Waals surface area contributed by atoms with E-state index in [2.05, 4.69) is 27.6 Å². The van der Waals surface area contributed by atoms with Crippen LogP contribution in [-0.2, 0) is 6.42 Å². The maximum absolute atomic E-state index is 13.4. The molecule has 3 aromatic heterocycles. The van der Waals surface area contributed by atoms with Crippen molar-refractivity contribution in [3.63, 3.8) is 0 Å². The summed E-state index contributed by atoms with van der Waals surface area (Å²) in [5.74, 6) is 0.235. The van der Waals surface area contributed by atoms with E-state index in [9.17, 15) is 9.18 Å². The summed E-state index contributed by atoms with van der Waals surface area (Å²) in [5.41, 5.74) is 1.86. The quantitative estimate of drug-likeness (QED) is 0.482. The van der Waals surface area contributed by atoms with Crippen LogP contribution in [0.3, 0.4) is 0 Å². The van der Waals surface area contributed by atoms with E-state index in [0.717, 1.165) is 11.3 Å². The Bertz CT molecular complexity index is 1160. The summed E-state index contributed by atoms with van der Waals surface area (Å²) in [5, 5.41) is 8.56. The molecule has 1 aliphatic rings. The van der Waals surface area contributed by atoms with E-state index in [1.807, 2.05) is 16.3 Å². The van der Waals surface area contributed by atoms with Crippen LogP contribution < -0.4 is 0 Å². The molecule has 1 atom stereocenters. The topological polar surface area (TPSA) is 51.0 Å². The second kappa shape index (κ2) is 7.20. The predicted octanol–water partition coefficient (Wildman–Crippen LogP) is 4.63. The summed E-state index contributed by atoms with van der Waals surface area (Å²) >= 11 is 3.39. The van der Waals surface area contributed by atoms with Crippen LogP contribution in [0.25, 0.3) is 5.69 Å². The van der Waals surface area contributed by atoms with Crippen LogP contribution in [0, 0.1) is 12.7 Å². The first kappa shape index (κ1) is 18.2. The molecule has 0 saturated heterocycles. The Morgan fingerprint density at radius 3 is 2.72 bits per heavy atom. The molecule has 0 fully saturated rings. The van der Waals surface area contributed by atoms with Gasteiger partial charge in [0.05, 0.1) is 11.7 Å². The van der Waals surface area contributed by atoms with E-state index in [1.54, 1.807) is 46.4 Å². The van der Waals surface area contributed by atoms with Gasteiger partial charge >= 0.3 is 0 Å². The van der Waals surface area contributed by atoms with Crippen molar-refractivity contribution in [1.82, 2.24) is 19.7 Å². The van der Waals surface area contributed by atoms with Crippen LogP contribution in [0.4, 0.5) is 4.39 Å². The number of halogens is 1. The number of amides is 1. The lowest BCUT2D eigenvalue weighted by atomic mass is 9.98. The molecular weight excluding hydrogens is 407 g/mol. The smallest absolute Gasteiger partial charge is 0.294 e. The molecule has 0 N–H and O–H groups in total. The highest BCUT2D eigenvalue weighted by Crippen LogP contribution is 2.39. The number of carbonyl (C=O) groups excluding carboxylic acids is 1. The molecule has 5 rings (SSSR count). The number of thiophene rings is 2. The van der Waals surface area contributed by atoms with E-state index >= 15 is 0 Å². The molecule has 29 heavy (non-hydrogen) atoms. The van der Waals surface area contributed by atoms with Gasteiger partial charge in [0.15, 0.2) is 0 Å². The van der Waals surface area contributed by atoms with Gasteiger partial charge in [0.1, 0.15) is 11.6 Å². The second-order valence-corrected chi connectivity index (χ2v) is 8.82. The molecular formula is C21H17FN4OS2. The molecule has 1 amide bonds. The molecule has 1 unspecified atom stereocenters. The maximum atomic E-state index is 13.4. The summed E-state index contributed by atoms with van der Waals surface area (Å²) in [7, 11) is 0. The Kier molecular flexibility index (Phi) is 4.52. The molecule has 0 spiro atoms. The highest BCUT2D eigenvalue weighted by Gasteiger charge is 2.35. The normalized spacial score (nSPS) is 16.1. The van der Waals surface area contributed by atoms with Gasteiger partial charge < -0.3 is 4.90 Å². The van der Waals surface area contributed by atoms with Crippen molar-refractivity contribution in [1.29, 1.82) is 0 Å². The van der Waals surface area contributed by atoms with Crippen LogP contribution in [0.1, 0.15) is 37.8 Å². The number of fused-ring (bicyclic) bond motifs is 1. The standard InChI is InChI=1S/C21H17FN4OS2/c1-13-23-20(24-26(13)15-6-4-14(22)5-7-15)21(27)25-10-8-17-16(9-12-29-17)19(25)18-3-2-11-28-18/h2-7,9,11-12,19H,8,10H2,1H3. The first-order valence-corrected chi connectivity index (χ1v) is 11.0. The van der Waals surface area contributed by atoms with Gasteiger partial charge in [-0.15, -0.1) is 27.8 Å². The zero-order valence-corrected chi connectivity index (χ0v) is 17.2. The average Bonchev–Trinajstić information content (AvgIpc) is 3.48. The molecule has 1 aromatic carbocycles. The van der Waals surface area contributed by atoms with Crippen molar-refractivity contribution < 1.29 is 9.18 Å². The fourth-order valence-electron chi connectivity index (χ4n) is 3.72. The van der Waals surface area contributed by atoms with Gasteiger partial charge in [-0.25, -0.2) is 14.1 Å². The summed E-state index contributed by atoms with van der Waals surface area (Å²) in [6.45, 7) is 2.41. The van der Waals surface area contributed by atoms with Gasteiger partial charge in [-0.05, 0) is 66.1 Å². The highest BCUT2D eigenvalue weighted by atomic mass is 32.1. The van der Waals surface area contributed by atoms with Gasteiger partial charge in [-0.2, -0.15) is 0 Å². The lowest BCUT2D eigenvalue weighted by molar-refractivity contribution is 0.0686. The Balaban J connectivity index is 1.52. The lowest BCUT2D eigenvalue weighted by Gasteiger charge is -2.34. The molecule has 0 aliphatic carbocycles. The minimum atomic E-state index is -0.318. The zero-order chi connectivity index (χ0) is 20.0. The summed E-state index contributed by atoms with van der Waals surface area (Å²) in [6, 6.07) is 12.1. The molecule has 4 aromatic rings. The minimum Gasteiger partial charge on any atom is -0.323 e. The van der Waals surface area contributed by atoms with Gasteiger partial charge in [0.2, 0.25) is 5.82 Å². The number of hydrogen-bond donors (Lipinski definition) is 0. The number of hydrogen-bond acceptors (Lipinski definition) is 5. The SMILES string of the molecule is Cc1nc(C(=O)N2CCc3sccc3C2c2cccs2)nn1-c1ccc(F)cc1. The van der Waals surface area contributed by atoms with E-state index < -0.39 is 0 Å². The van der Waals surface area contributed by atoms with Gasteiger partial charge in [-0.3, -0.25) is 4.79 Å². The predicted molar refractivity (Wildman–Crippen MR) is 111 cm³/mol. The molecule has 0 saturated carbocycles. The number of nitrogens with zero attached hydrogens (tertiary/aromatic N) is 4. The molecule has 146 valence electrons. The molecule has 0 radical (unpaired) electrons. The average molecular weight is 425 g/mol. The third-order valence-electron chi connectivity index (χ3n) is 5.07. The molecule has 5 nitrogen and oxygen atoms in total. The Labute approximate surface area is 175 Å². The first-order chi connectivity index (χ1) is 14.1. The minimum absolute atomic E-state index is 0.115. The number of benzene rings is 1. The summed E-state index contributed by atoms with van der Waals surface area (Å²) in [4.78, 5) is 22.2. The Morgan fingerprint density at radius 1 is 1.14 bits per heavy atom. The van der Waals surface area contributed by atoms with Crippen LogP contribution >= 0.6 is 22.7 Å². The first-order valence-electron chi connectivity index (χ1n) is 9.22. The number of carbonyl (C=O) groups is 1. The van der Waals surface area contributed by atoms with Crippen LogP contribution in [0.15, 0.2) is 53.2 Å². The van der Waals surface area contributed by atoms with Gasteiger partial charge in [0.25, 0.3) is 5.91 Å².